The zero-order valence-corrected chi connectivity index (χ0v) is 13.3. The molecule has 1 amide bonds. The van der Waals surface area contributed by atoms with Crippen LogP contribution in [0.4, 0.5) is 4.79 Å². The Bertz CT molecular complexity index is 697. The fourth-order valence-corrected chi connectivity index (χ4v) is 2.32. The maximum Gasteiger partial charge on any atom is 0.410 e. The van der Waals surface area contributed by atoms with Crippen LogP contribution in [0.2, 0.25) is 0 Å². The first-order valence-electron chi connectivity index (χ1n) is 7.06. The Hall–Kier alpha value is -2.83. The van der Waals surface area contributed by atoms with Crippen molar-refractivity contribution < 1.29 is 19.4 Å². The Kier molecular flexibility index (Phi) is 5.00. The van der Waals surface area contributed by atoms with Gasteiger partial charge in [0.15, 0.2) is 6.04 Å². The van der Waals surface area contributed by atoms with E-state index in [0.29, 0.717) is 11.3 Å². The quantitative estimate of drug-likeness (QED) is 0.913. The minimum atomic E-state index is -1.15. The molecule has 0 spiro atoms. The monoisotopic (exact) mass is 317 g/mol. The molecule has 7 nitrogen and oxygen atoms in total. The summed E-state index contributed by atoms with van der Waals surface area (Å²) < 4.78 is 6.70. The number of aryl methyl sites for hydroxylation is 2. The predicted molar refractivity (Wildman–Crippen MR) is 82.7 cm³/mol. The highest BCUT2D eigenvalue weighted by atomic mass is 16.6. The summed E-state index contributed by atoms with van der Waals surface area (Å²) in [5.74, 6) is -1.14. The fraction of sp³-hybridized carbons (Fsp3) is 0.312. The number of hydrogen-bond acceptors (Lipinski definition) is 4. The number of rotatable bonds is 5. The van der Waals surface area contributed by atoms with Crippen LogP contribution in [0, 0.1) is 6.92 Å². The molecule has 0 aliphatic carbocycles. The van der Waals surface area contributed by atoms with Gasteiger partial charge in [-0.25, -0.2) is 9.59 Å². The van der Waals surface area contributed by atoms with Crippen molar-refractivity contribution in [2.45, 2.75) is 19.6 Å². The number of likely N-dealkylation sites (N-methyl/N-ethyl adjacent to an activating group) is 1. The number of carbonyl (C=O) groups is 2. The van der Waals surface area contributed by atoms with E-state index in [4.69, 9.17) is 4.74 Å². The van der Waals surface area contributed by atoms with E-state index < -0.39 is 18.1 Å². The third kappa shape index (κ3) is 3.88. The summed E-state index contributed by atoms with van der Waals surface area (Å²) >= 11 is 0. The number of nitrogens with zero attached hydrogens (tertiary/aromatic N) is 3. The normalized spacial score (nSPS) is 11.8. The van der Waals surface area contributed by atoms with Gasteiger partial charge in [-0.1, -0.05) is 30.3 Å². The van der Waals surface area contributed by atoms with Gasteiger partial charge >= 0.3 is 12.1 Å². The number of carbonyl (C=O) groups excluding carboxylic acids is 1. The molecule has 1 aromatic carbocycles. The molecular formula is C16H19N3O4. The molecule has 0 saturated carbocycles. The maximum atomic E-state index is 12.2. The molecule has 1 atom stereocenters. The van der Waals surface area contributed by atoms with Crippen molar-refractivity contribution in [3.05, 3.63) is 53.3 Å². The van der Waals surface area contributed by atoms with Gasteiger partial charge in [-0.3, -0.25) is 9.58 Å². The van der Waals surface area contributed by atoms with Crippen molar-refractivity contribution in [1.82, 2.24) is 14.7 Å². The van der Waals surface area contributed by atoms with Gasteiger partial charge in [0.1, 0.15) is 6.61 Å². The minimum Gasteiger partial charge on any atom is -0.479 e. The molecule has 0 saturated heterocycles. The van der Waals surface area contributed by atoms with Gasteiger partial charge in [0, 0.05) is 25.9 Å². The van der Waals surface area contributed by atoms with Crippen LogP contribution in [0.3, 0.4) is 0 Å². The van der Waals surface area contributed by atoms with Gasteiger partial charge in [0.2, 0.25) is 0 Å². The standard InChI is InChI=1S/C16H19N3O4/c1-11-13(9-18(2)17-11)14(15(20)21)19(3)16(22)23-10-12-7-5-4-6-8-12/h4-9,14H,10H2,1-3H3,(H,20,21). The molecule has 1 heterocycles. The zero-order valence-electron chi connectivity index (χ0n) is 13.3. The lowest BCUT2D eigenvalue weighted by Crippen LogP contribution is -2.36. The molecule has 0 aliphatic heterocycles. The largest absolute Gasteiger partial charge is 0.479 e. The van der Waals surface area contributed by atoms with Gasteiger partial charge in [-0.05, 0) is 12.5 Å². The topological polar surface area (TPSA) is 84.7 Å². The number of aliphatic carboxylic acids is 1. The zero-order chi connectivity index (χ0) is 17.0. The van der Waals surface area contributed by atoms with Crippen molar-refractivity contribution in [2.24, 2.45) is 7.05 Å². The molecule has 7 heteroatoms. The predicted octanol–water partition coefficient (Wildman–Crippen LogP) is 2.12. The van der Waals surface area contributed by atoms with Crippen molar-refractivity contribution in [2.75, 3.05) is 7.05 Å². The maximum absolute atomic E-state index is 12.2. The van der Waals surface area contributed by atoms with Crippen LogP contribution < -0.4 is 0 Å². The first-order chi connectivity index (χ1) is 10.9. The van der Waals surface area contributed by atoms with Crippen molar-refractivity contribution >= 4 is 12.1 Å². The van der Waals surface area contributed by atoms with E-state index in [1.54, 1.807) is 20.2 Å². The number of aromatic nitrogens is 2. The van der Waals surface area contributed by atoms with Gasteiger partial charge in [0.25, 0.3) is 0 Å². The lowest BCUT2D eigenvalue weighted by Gasteiger charge is -2.24. The van der Waals surface area contributed by atoms with E-state index in [-0.39, 0.29) is 6.61 Å². The second-order valence-corrected chi connectivity index (χ2v) is 5.24. The van der Waals surface area contributed by atoms with Crippen molar-refractivity contribution in [1.29, 1.82) is 0 Å². The first kappa shape index (κ1) is 16.5. The second kappa shape index (κ2) is 6.95. The van der Waals surface area contributed by atoms with Crippen LogP contribution in [0.15, 0.2) is 36.5 Å². The number of hydrogen-bond donors (Lipinski definition) is 1. The molecule has 0 radical (unpaired) electrons. The number of carboxylic acid groups (broad SMARTS) is 1. The fourth-order valence-electron chi connectivity index (χ4n) is 2.32. The second-order valence-electron chi connectivity index (χ2n) is 5.24. The number of carboxylic acids is 1. The first-order valence-corrected chi connectivity index (χ1v) is 7.06. The molecule has 0 aliphatic rings. The van der Waals surface area contributed by atoms with Gasteiger partial charge in [-0.15, -0.1) is 0 Å². The number of amides is 1. The van der Waals surface area contributed by atoms with Gasteiger partial charge < -0.3 is 9.84 Å². The Morgan fingerprint density at radius 1 is 1.35 bits per heavy atom. The van der Waals surface area contributed by atoms with Crippen molar-refractivity contribution in [3.63, 3.8) is 0 Å². The van der Waals surface area contributed by atoms with Crippen LogP contribution in [0.25, 0.3) is 0 Å². The van der Waals surface area contributed by atoms with E-state index in [9.17, 15) is 14.7 Å². The summed E-state index contributed by atoms with van der Waals surface area (Å²) in [6.45, 7) is 1.79. The molecule has 122 valence electrons. The lowest BCUT2D eigenvalue weighted by atomic mass is 10.1. The van der Waals surface area contributed by atoms with Crippen LogP contribution in [0.5, 0.6) is 0 Å². The molecule has 2 aromatic rings. The number of benzene rings is 1. The summed E-state index contributed by atoms with van der Waals surface area (Å²) in [4.78, 5) is 24.8. The van der Waals surface area contributed by atoms with Crippen LogP contribution in [-0.4, -0.2) is 38.9 Å². The SMILES string of the molecule is Cc1nn(C)cc1C(C(=O)O)N(C)C(=O)OCc1ccccc1. The number of ether oxygens (including phenoxy) is 1. The van der Waals surface area contributed by atoms with Gasteiger partial charge in [-0.2, -0.15) is 5.10 Å². The van der Waals surface area contributed by atoms with Crippen LogP contribution >= 0.6 is 0 Å². The Labute approximate surface area is 134 Å². The Balaban J connectivity index is 2.11. The summed E-state index contributed by atoms with van der Waals surface area (Å²) in [7, 11) is 3.10. The molecule has 23 heavy (non-hydrogen) atoms. The highest BCUT2D eigenvalue weighted by Crippen LogP contribution is 2.23. The average molecular weight is 317 g/mol. The molecule has 1 aromatic heterocycles. The molecule has 0 fully saturated rings. The lowest BCUT2D eigenvalue weighted by molar-refractivity contribution is -0.142. The highest BCUT2D eigenvalue weighted by molar-refractivity contribution is 5.81. The van der Waals surface area contributed by atoms with E-state index >= 15 is 0 Å². The summed E-state index contributed by atoms with van der Waals surface area (Å²) in [6, 6.07) is 8.05. The molecule has 1 N–H and O–H groups in total. The average Bonchev–Trinajstić information content (AvgIpc) is 2.84. The highest BCUT2D eigenvalue weighted by Gasteiger charge is 2.32. The van der Waals surface area contributed by atoms with Crippen molar-refractivity contribution in [3.8, 4) is 0 Å². The van der Waals surface area contributed by atoms with E-state index in [1.165, 1.54) is 11.7 Å². The third-order valence-electron chi connectivity index (χ3n) is 3.46. The Morgan fingerprint density at radius 2 is 2.00 bits per heavy atom. The van der Waals surface area contributed by atoms with Crippen LogP contribution in [0.1, 0.15) is 22.9 Å². The minimum absolute atomic E-state index is 0.0857. The molecular weight excluding hydrogens is 298 g/mol. The third-order valence-corrected chi connectivity index (χ3v) is 3.46. The molecule has 1 unspecified atom stereocenters. The van der Waals surface area contributed by atoms with E-state index in [2.05, 4.69) is 5.10 Å². The summed E-state index contributed by atoms with van der Waals surface area (Å²) in [5, 5.41) is 13.6. The smallest absolute Gasteiger partial charge is 0.410 e. The molecule has 2 rings (SSSR count). The van der Waals surface area contributed by atoms with E-state index in [1.807, 2.05) is 30.3 Å². The summed E-state index contributed by atoms with van der Waals surface area (Å²) in [5.41, 5.74) is 1.85. The van der Waals surface area contributed by atoms with E-state index in [0.717, 1.165) is 10.5 Å². The summed E-state index contributed by atoms with van der Waals surface area (Å²) in [6.07, 6.45) is 0.888. The van der Waals surface area contributed by atoms with Crippen LogP contribution in [-0.2, 0) is 23.2 Å². The molecule has 0 bridgehead atoms. The Morgan fingerprint density at radius 3 is 2.52 bits per heavy atom. The van der Waals surface area contributed by atoms with Gasteiger partial charge in [0.05, 0.1) is 5.69 Å².